The van der Waals surface area contributed by atoms with Crippen LogP contribution in [-0.4, -0.2) is 26.8 Å². The van der Waals surface area contributed by atoms with Crippen molar-refractivity contribution in [1.29, 1.82) is 0 Å². The van der Waals surface area contributed by atoms with Gasteiger partial charge in [-0.2, -0.15) is 0 Å². The second-order valence-corrected chi connectivity index (χ2v) is 7.99. The summed E-state index contributed by atoms with van der Waals surface area (Å²) >= 11 is 0. The Morgan fingerprint density at radius 3 is 2.45 bits per heavy atom. The van der Waals surface area contributed by atoms with Crippen LogP contribution in [0.4, 0.5) is 5.82 Å². The first-order valence-electron chi connectivity index (χ1n) is 10.9. The lowest BCUT2D eigenvalue weighted by Gasteiger charge is -2.24. The summed E-state index contributed by atoms with van der Waals surface area (Å²) < 4.78 is 0. The molecule has 0 bridgehead atoms. The lowest BCUT2D eigenvalue weighted by Crippen LogP contribution is -2.23. The van der Waals surface area contributed by atoms with Crippen LogP contribution in [0.25, 0.3) is 22.4 Å². The molecule has 1 fully saturated rings. The third kappa shape index (κ3) is 4.04. The van der Waals surface area contributed by atoms with Gasteiger partial charge in [0, 0.05) is 23.2 Å². The van der Waals surface area contributed by atoms with Crippen molar-refractivity contribution in [3.63, 3.8) is 0 Å². The van der Waals surface area contributed by atoms with Crippen LogP contribution >= 0.6 is 0 Å². The number of carbonyl (C=O) groups is 1. The Kier molecular flexibility index (Phi) is 5.40. The number of benzene rings is 2. The number of ketones is 1. The summed E-state index contributed by atoms with van der Waals surface area (Å²) in [6.07, 6.45) is 7.76. The highest BCUT2D eigenvalue weighted by molar-refractivity contribution is 6.12. The van der Waals surface area contributed by atoms with E-state index in [0.29, 0.717) is 28.7 Å². The standard InChI is InChI=1S/C26H24N4O/c31-24(18-10-3-1-4-11-18)21-15-9-17-27-23(21)26-29-22-16-8-7-14-20(22)25(30-26)28-19-12-5-2-6-13-19/h1,3-4,7-11,14-17,19H,2,5-6,12-13H2,(H,28,29,30). The lowest BCUT2D eigenvalue weighted by molar-refractivity contribution is 0.103. The van der Waals surface area contributed by atoms with Gasteiger partial charge in [-0.25, -0.2) is 9.97 Å². The minimum absolute atomic E-state index is 0.0813. The molecule has 5 nitrogen and oxygen atoms in total. The number of anilines is 1. The van der Waals surface area contributed by atoms with Gasteiger partial charge in [0.2, 0.25) is 0 Å². The number of rotatable bonds is 5. The summed E-state index contributed by atoms with van der Waals surface area (Å²) in [7, 11) is 0. The topological polar surface area (TPSA) is 67.8 Å². The Balaban J connectivity index is 1.60. The summed E-state index contributed by atoms with van der Waals surface area (Å²) in [4.78, 5) is 27.3. The van der Waals surface area contributed by atoms with Gasteiger partial charge in [0.1, 0.15) is 11.5 Å². The van der Waals surface area contributed by atoms with Crippen LogP contribution in [0.3, 0.4) is 0 Å². The average Bonchev–Trinajstić information content (AvgIpc) is 2.85. The molecule has 0 spiro atoms. The Bertz CT molecular complexity index is 1220. The van der Waals surface area contributed by atoms with Gasteiger partial charge in [0.05, 0.1) is 11.1 Å². The highest BCUT2D eigenvalue weighted by Gasteiger charge is 2.20. The zero-order chi connectivity index (χ0) is 21.0. The van der Waals surface area contributed by atoms with Crippen molar-refractivity contribution in [3.8, 4) is 11.5 Å². The zero-order valence-electron chi connectivity index (χ0n) is 17.3. The van der Waals surface area contributed by atoms with Crippen molar-refractivity contribution in [2.45, 2.75) is 38.1 Å². The highest BCUT2D eigenvalue weighted by Crippen LogP contribution is 2.29. The van der Waals surface area contributed by atoms with E-state index >= 15 is 0 Å². The van der Waals surface area contributed by atoms with Crippen LogP contribution in [0.1, 0.15) is 48.0 Å². The van der Waals surface area contributed by atoms with Gasteiger partial charge in [-0.15, -0.1) is 0 Å². The molecule has 2 heterocycles. The molecule has 0 saturated heterocycles. The molecule has 0 radical (unpaired) electrons. The summed E-state index contributed by atoms with van der Waals surface area (Å²) in [6.45, 7) is 0. The second kappa shape index (κ2) is 8.64. The molecule has 2 aromatic heterocycles. The van der Waals surface area contributed by atoms with Crippen molar-refractivity contribution in [2.75, 3.05) is 5.32 Å². The van der Waals surface area contributed by atoms with E-state index in [1.165, 1.54) is 19.3 Å². The van der Waals surface area contributed by atoms with E-state index in [1.54, 1.807) is 18.3 Å². The van der Waals surface area contributed by atoms with E-state index in [4.69, 9.17) is 9.97 Å². The van der Waals surface area contributed by atoms with E-state index in [9.17, 15) is 4.79 Å². The van der Waals surface area contributed by atoms with Crippen molar-refractivity contribution in [2.24, 2.45) is 0 Å². The van der Waals surface area contributed by atoms with Crippen LogP contribution in [-0.2, 0) is 0 Å². The van der Waals surface area contributed by atoms with Gasteiger partial charge < -0.3 is 5.32 Å². The molecule has 2 aromatic carbocycles. The smallest absolute Gasteiger partial charge is 0.195 e. The SMILES string of the molecule is O=C(c1ccccc1)c1cccnc1-c1nc(NC2CCCCC2)c2ccccc2n1. The molecule has 5 heteroatoms. The number of nitrogens with one attached hydrogen (secondary N) is 1. The molecule has 0 aliphatic heterocycles. The fraction of sp³-hybridized carbons (Fsp3) is 0.231. The monoisotopic (exact) mass is 408 g/mol. The molecule has 0 atom stereocenters. The molecule has 1 aliphatic carbocycles. The van der Waals surface area contributed by atoms with Crippen LogP contribution in [0, 0.1) is 0 Å². The maximum atomic E-state index is 13.2. The van der Waals surface area contributed by atoms with Gasteiger partial charge in [-0.3, -0.25) is 9.78 Å². The largest absolute Gasteiger partial charge is 0.367 e. The first-order valence-corrected chi connectivity index (χ1v) is 10.9. The third-order valence-corrected chi connectivity index (χ3v) is 5.85. The predicted molar refractivity (Wildman–Crippen MR) is 123 cm³/mol. The van der Waals surface area contributed by atoms with E-state index in [0.717, 1.165) is 29.6 Å². The van der Waals surface area contributed by atoms with Gasteiger partial charge in [-0.05, 0) is 37.1 Å². The molecule has 31 heavy (non-hydrogen) atoms. The second-order valence-electron chi connectivity index (χ2n) is 7.99. The molecule has 0 unspecified atom stereocenters. The first kappa shape index (κ1) is 19.4. The summed E-state index contributed by atoms with van der Waals surface area (Å²) in [5, 5.41) is 4.64. The fourth-order valence-corrected chi connectivity index (χ4v) is 4.24. The van der Waals surface area contributed by atoms with Crippen molar-refractivity contribution >= 4 is 22.5 Å². The molecule has 4 aromatic rings. The molecule has 154 valence electrons. The normalized spacial score (nSPS) is 14.5. The summed E-state index contributed by atoms with van der Waals surface area (Å²) in [5.41, 5.74) is 2.48. The van der Waals surface area contributed by atoms with E-state index in [1.807, 2.05) is 54.6 Å². The maximum absolute atomic E-state index is 13.2. The van der Waals surface area contributed by atoms with Crippen LogP contribution in [0.5, 0.6) is 0 Å². The number of pyridine rings is 1. The average molecular weight is 409 g/mol. The molecule has 1 saturated carbocycles. The van der Waals surface area contributed by atoms with Crippen molar-refractivity contribution in [1.82, 2.24) is 15.0 Å². The number of aromatic nitrogens is 3. The summed E-state index contributed by atoms with van der Waals surface area (Å²) in [5.74, 6) is 1.20. The lowest BCUT2D eigenvalue weighted by atomic mass is 9.95. The highest BCUT2D eigenvalue weighted by atomic mass is 16.1. The molecular weight excluding hydrogens is 384 g/mol. The molecular formula is C26H24N4O. The number of carbonyl (C=O) groups excluding carboxylic acids is 1. The summed E-state index contributed by atoms with van der Waals surface area (Å²) in [6, 6.07) is 21.2. The number of fused-ring (bicyclic) bond motifs is 1. The third-order valence-electron chi connectivity index (χ3n) is 5.85. The maximum Gasteiger partial charge on any atom is 0.195 e. The minimum atomic E-state index is -0.0813. The Hall–Kier alpha value is -3.60. The number of nitrogens with zero attached hydrogens (tertiary/aromatic N) is 3. The van der Waals surface area contributed by atoms with Crippen LogP contribution in [0.2, 0.25) is 0 Å². The van der Waals surface area contributed by atoms with E-state index in [2.05, 4.69) is 10.3 Å². The predicted octanol–water partition coefficient (Wildman–Crippen LogP) is 5.67. The van der Waals surface area contributed by atoms with Gasteiger partial charge in [0.15, 0.2) is 11.6 Å². The van der Waals surface area contributed by atoms with Gasteiger partial charge in [-0.1, -0.05) is 61.7 Å². The fourth-order valence-electron chi connectivity index (χ4n) is 4.24. The number of hydrogen-bond acceptors (Lipinski definition) is 5. The Labute approximate surface area is 181 Å². The quantitative estimate of drug-likeness (QED) is 0.431. The van der Waals surface area contributed by atoms with E-state index in [-0.39, 0.29) is 5.78 Å². The van der Waals surface area contributed by atoms with Crippen molar-refractivity contribution in [3.05, 3.63) is 84.1 Å². The van der Waals surface area contributed by atoms with Gasteiger partial charge in [0.25, 0.3) is 0 Å². The first-order chi connectivity index (χ1) is 15.3. The Morgan fingerprint density at radius 1 is 0.839 bits per heavy atom. The van der Waals surface area contributed by atoms with E-state index < -0.39 is 0 Å². The zero-order valence-corrected chi connectivity index (χ0v) is 17.3. The Morgan fingerprint density at radius 2 is 1.61 bits per heavy atom. The number of para-hydroxylation sites is 1. The molecule has 1 aliphatic rings. The van der Waals surface area contributed by atoms with Crippen molar-refractivity contribution < 1.29 is 4.79 Å². The van der Waals surface area contributed by atoms with Crippen LogP contribution in [0.15, 0.2) is 72.9 Å². The number of hydrogen-bond donors (Lipinski definition) is 1. The van der Waals surface area contributed by atoms with Crippen LogP contribution < -0.4 is 5.32 Å². The molecule has 5 rings (SSSR count). The van der Waals surface area contributed by atoms with Gasteiger partial charge >= 0.3 is 0 Å². The minimum Gasteiger partial charge on any atom is -0.367 e. The molecule has 1 N–H and O–H groups in total. The molecule has 0 amide bonds.